The van der Waals surface area contributed by atoms with Gasteiger partial charge in [-0.25, -0.2) is 0 Å². The zero-order valence-electron chi connectivity index (χ0n) is 5.77. The maximum absolute atomic E-state index is 9.08. The molecule has 1 fully saturated rings. The Labute approximate surface area is 59.1 Å². The smallest absolute Gasteiger partial charge is 0.110 e. The van der Waals surface area contributed by atoms with E-state index in [1.54, 1.807) is 6.92 Å². The second-order valence-corrected chi connectivity index (χ2v) is 2.59. The van der Waals surface area contributed by atoms with Crippen LogP contribution in [0.1, 0.15) is 6.92 Å². The van der Waals surface area contributed by atoms with Crippen LogP contribution in [0, 0.1) is 0 Å². The van der Waals surface area contributed by atoms with Crippen LogP contribution < -0.4 is 0 Å². The molecule has 0 saturated carbocycles. The highest BCUT2D eigenvalue weighted by atomic mass is 16.5. The number of aliphatic hydroxyl groups excluding tert-OH is 3. The van der Waals surface area contributed by atoms with Crippen molar-refractivity contribution in [3.05, 3.63) is 0 Å². The topological polar surface area (TPSA) is 69.9 Å². The van der Waals surface area contributed by atoms with Gasteiger partial charge in [-0.3, -0.25) is 0 Å². The monoisotopic (exact) mass is 148 g/mol. The summed E-state index contributed by atoms with van der Waals surface area (Å²) in [6, 6.07) is 0. The van der Waals surface area contributed by atoms with E-state index in [1.807, 2.05) is 0 Å². The lowest BCUT2D eigenvalue weighted by atomic mass is 10.0. The first-order valence-electron chi connectivity index (χ1n) is 3.28. The Kier molecular flexibility index (Phi) is 2.25. The van der Waals surface area contributed by atoms with Crippen LogP contribution >= 0.6 is 0 Å². The minimum Gasteiger partial charge on any atom is -0.388 e. The highest BCUT2D eigenvalue weighted by Gasteiger charge is 2.34. The first-order chi connectivity index (χ1) is 4.63. The van der Waals surface area contributed by atoms with Crippen molar-refractivity contribution in [2.45, 2.75) is 31.3 Å². The van der Waals surface area contributed by atoms with Gasteiger partial charge in [0.15, 0.2) is 0 Å². The van der Waals surface area contributed by atoms with Crippen molar-refractivity contribution >= 4 is 0 Å². The van der Waals surface area contributed by atoms with E-state index in [1.165, 1.54) is 0 Å². The zero-order chi connectivity index (χ0) is 7.72. The van der Waals surface area contributed by atoms with Gasteiger partial charge >= 0.3 is 0 Å². The second-order valence-electron chi connectivity index (χ2n) is 2.59. The van der Waals surface area contributed by atoms with Crippen molar-refractivity contribution in [3.63, 3.8) is 0 Å². The van der Waals surface area contributed by atoms with Crippen molar-refractivity contribution < 1.29 is 20.1 Å². The molecule has 1 rings (SSSR count). The van der Waals surface area contributed by atoms with Crippen LogP contribution in [-0.2, 0) is 4.74 Å². The third kappa shape index (κ3) is 1.29. The van der Waals surface area contributed by atoms with Crippen molar-refractivity contribution in [3.8, 4) is 0 Å². The summed E-state index contributed by atoms with van der Waals surface area (Å²) in [7, 11) is 0. The zero-order valence-corrected chi connectivity index (χ0v) is 5.77. The van der Waals surface area contributed by atoms with Crippen molar-refractivity contribution in [2.24, 2.45) is 0 Å². The Balaban J connectivity index is 2.52. The summed E-state index contributed by atoms with van der Waals surface area (Å²) < 4.78 is 4.91. The van der Waals surface area contributed by atoms with Crippen molar-refractivity contribution in [1.82, 2.24) is 0 Å². The molecular weight excluding hydrogens is 136 g/mol. The third-order valence-electron chi connectivity index (χ3n) is 1.75. The normalized spacial score (nSPS) is 49.2. The van der Waals surface area contributed by atoms with Crippen LogP contribution in [0.15, 0.2) is 0 Å². The Morgan fingerprint density at radius 1 is 1.20 bits per heavy atom. The number of ether oxygens (including phenoxy) is 1. The summed E-state index contributed by atoms with van der Waals surface area (Å²) >= 11 is 0. The molecule has 4 nitrogen and oxygen atoms in total. The fourth-order valence-corrected chi connectivity index (χ4v) is 0.953. The predicted molar refractivity (Wildman–Crippen MR) is 33.4 cm³/mol. The van der Waals surface area contributed by atoms with Gasteiger partial charge in [-0.2, -0.15) is 0 Å². The highest BCUT2D eigenvalue weighted by Crippen LogP contribution is 2.14. The van der Waals surface area contributed by atoms with Crippen LogP contribution in [0.5, 0.6) is 0 Å². The molecular formula is C6H12O4. The molecule has 0 bridgehead atoms. The molecule has 2 unspecified atom stereocenters. The van der Waals surface area contributed by atoms with E-state index in [-0.39, 0.29) is 6.61 Å². The summed E-state index contributed by atoms with van der Waals surface area (Å²) in [4.78, 5) is 0. The molecule has 4 heteroatoms. The van der Waals surface area contributed by atoms with Gasteiger partial charge in [0.05, 0.1) is 12.7 Å². The lowest BCUT2D eigenvalue weighted by Crippen LogP contribution is -2.51. The van der Waals surface area contributed by atoms with Gasteiger partial charge in [0.2, 0.25) is 0 Å². The largest absolute Gasteiger partial charge is 0.388 e. The van der Waals surface area contributed by atoms with E-state index in [2.05, 4.69) is 0 Å². The molecule has 0 aliphatic carbocycles. The molecule has 3 N–H and O–H groups in total. The maximum atomic E-state index is 9.08. The maximum Gasteiger partial charge on any atom is 0.110 e. The molecule has 0 spiro atoms. The minimum absolute atomic E-state index is 0.0966. The fraction of sp³-hybridized carbons (Fsp3) is 1.00. The van der Waals surface area contributed by atoms with Gasteiger partial charge in [0.1, 0.15) is 18.3 Å². The molecule has 4 atom stereocenters. The summed E-state index contributed by atoms with van der Waals surface area (Å²) in [5.74, 6) is 0. The Bertz CT molecular complexity index is 102. The highest BCUT2D eigenvalue weighted by molar-refractivity contribution is 4.83. The van der Waals surface area contributed by atoms with E-state index in [4.69, 9.17) is 20.1 Å². The first-order valence-corrected chi connectivity index (χ1v) is 3.28. The second kappa shape index (κ2) is 2.84. The summed E-state index contributed by atoms with van der Waals surface area (Å²) in [5.41, 5.74) is 0. The van der Waals surface area contributed by atoms with Gasteiger partial charge in [-0.05, 0) is 6.92 Å². The quantitative estimate of drug-likeness (QED) is 0.390. The Hall–Kier alpha value is -0.160. The van der Waals surface area contributed by atoms with E-state index in [9.17, 15) is 0 Å². The Morgan fingerprint density at radius 3 is 2.30 bits per heavy atom. The van der Waals surface area contributed by atoms with E-state index in [0.29, 0.717) is 0 Å². The number of rotatable bonds is 0. The lowest BCUT2D eigenvalue weighted by molar-refractivity contribution is -0.181. The molecule has 1 aliphatic rings. The summed E-state index contributed by atoms with van der Waals surface area (Å²) in [6.07, 6.45) is -3.38. The summed E-state index contributed by atoms with van der Waals surface area (Å²) in [5, 5.41) is 27.0. The first kappa shape index (κ1) is 7.94. The van der Waals surface area contributed by atoms with Crippen LogP contribution in [-0.4, -0.2) is 46.3 Å². The molecule has 60 valence electrons. The standard InChI is InChI=1S/C6H12O4/c1-3-5(8)6(9)4(7)2-10-3/h3-9H,2H2,1H3/t3-,4+,5?,6?/m1/s1. The number of aliphatic hydroxyl groups is 3. The molecule has 0 aromatic rings. The average Bonchev–Trinajstić information content (AvgIpc) is 1.93. The predicted octanol–water partition coefficient (Wildman–Crippen LogP) is -1.51. The Morgan fingerprint density at radius 2 is 1.80 bits per heavy atom. The van der Waals surface area contributed by atoms with Crippen LogP contribution in [0.25, 0.3) is 0 Å². The minimum atomic E-state index is -1.07. The lowest BCUT2D eigenvalue weighted by Gasteiger charge is -2.33. The van der Waals surface area contributed by atoms with Gasteiger partial charge in [-0.15, -0.1) is 0 Å². The third-order valence-corrected chi connectivity index (χ3v) is 1.75. The van der Waals surface area contributed by atoms with Gasteiger partial charge in [0, 0.05) is 0 Å². The van der Waals surface area contributed by atoms with Crippen LogP contribution in [0.3, 0.4) is 0 Å². The molecule has 1 heterocycles. The van der Waals surface area contributed by atoms with Gasteiger partial charge < -0.3 is 20.1 Å². The number of hydrogen-bond donors (Lipinski definition) is 3. The van der Waals surface area contributed by atoms with E-state index >= 15 is 0 Å². The fourth-order valence-electron chi connectivity index (χ4n) is 0.953. The summed E-state index contributed by atoms with van der Waals surface area (Å²) in [6.45, 7) is 1.75. The van der Waals surface area contributed by atoms with Gasteiger partial charge in [0.25, 0.3) is 0 Å². The van der Waals surface area contributed by atoms with Crippen molar-refractivity contribution in [1.29, 1.82) is 0 Å². The molecule has 0 amide bonds. The molecule has 0 aromatic carbocycles. The molecule has 0 radical (unpaired) electrons. The van der Waals surface area contributed by atoms with E-state index in [0.717, 1.165) is 0 Å². The average molecular weight is 148 g/mol. The van der Waals surface area contributed by atoms with Gasteiger partial charge in [-0.1, -0.05) is 0 Å². The van der Waals surface area contributed by atoms with E-state index < -0.39 is 24.4 Å². The number of hydrogen-bond acceptors (Lipinski definition) is 4. The van der Waals surface area contributed by atoms with Crippen LogP contribution in [0.2, 0.25) is 0 Å². The molecule has 10 heavy (non-hydrogen) atoms. The van der Waals surface area contributed by atoms with Crippen LogP contribution in [0.4, 0.5) is 0 Å². The molecule has 0 aromatic heterocycles. The van der Waals surface area contributed by atoms with Crippen molar-refractivity contribution in [2.75, 3.05) is 6.61 Å². The molecule has 1 saturated heterocycles. The molecule has 1 aliphatic heterocycles. The SMILES string of the molecule is C[C@H]1OC[C@H](O)C(O)C1O.